The molecule has 108 valence electrons. The summed E-state index contributed by atoms with van der Waals surface area (Å²) in [7, 11) is 0. The number of oxime groups is 1. The smallest absolute Gasteiger partial charge is 0.258 e. The molecule has 0 radical (unpaired) electrons. The first kappa shape index (κ1) is 14.8. The van der Waals surface area contributed by atoms with Crippen molar-refractivity contribution in [2.45, 2.75) is 0 Å². The van der Waals surface area contributed by atoms with Crippen LogP contribution >= 0.6 is 11.6 Å². The Hall–Kier alpha value is -2.60. The minimum atomic E-state index is -0.773. The minimum absolute atomic E-state index is 0.0474. The second-order valence-electron chi connectivity index (χ2n) is 4.12. The van der Waals surface area contributed by atoms with E-state index in [0.29, 0.717) is 11.3 Å². The average molecular weight is 308 g/mol. The average Bonchev–Trinajstić information content (AvgIpc) is 2.50. The van der Waals surface area contributed by atoms with Gasteiger partial charge in [0.25, 0.3) is 5.91 Å². The molecule has 21 heavy (non-hydrogen) atoms. The van der Waals surface area contributed by atoms with Crippen molar-refractivity contribution in [3.8, 4) is 0 Å². The van der Waals surface area contributed by atoms with Gasteiger partial charge >= 0.3 is 0 Å². The fourth-order valence-corrected chi connectivity index (χ4v) is 1.83. The van der Waals surface area contributed by atoms with E-state index in [2.05, 4.69) is 10.5 Å². The summed E-state index contributed by atoms with van der Waals surface area (Å²) in [5, 5.41) is 13.8. The van der Waals surface area contributed by atoms with Crippen LogP contribution in [0.15, 0.2) is 47.6 Å². The third-order valence-electron chi connectivity index (χ3n) is 2.74. The number of carbonyl (C=O) groups excluding carboxylic acids is 1. The molecule has 1 amide bonds. The number of nitrogens with two attached hydrogens (primary N) is 1. The maximum absolute atomic E-state index is 13.7. The molecular formula is C14H11ClFN3O2. The molecule has 0 bridgehead atoms. The van der Waals surface area contributed by atoms with E-state index >= 15 is 0 Å². The summed E-state index contributed by atoms with van der Waals surface area (Å²) in [6.07, 6.45) is 0. The molecule has 0 aliphatic carbocycles. The van der Waals surface area contributed by atoms with Gasteiger partial charge in [0, 0.05) is 11.3 Å². The van der Waals surface area contributed by atoms with Crippen LogP contribution in [0.1, 0.15) is 15.9 Å². The Morgan fingerprint density at radius 2 is 1.90 bits per heavy atom. The lowest BCUT2D eigenvalue weighted by Crippen LogP contribution is -2.15. The summed E-state index contributed by atoms with van der Waals surface area (Å²) >= 11 is 5.63. The number of nitrogens with one attached hydrogen (secondary N) is 1. The number of benzene rings is 2. The molecule has 0 unspecified atom stereocenters. The third-order valence-corrected chi connectivity index (χ3v) is 3.03. The van der Waals surface area contributed by atoms with Crippen LogP contribution in [0.25, 0.3) is 0 Å². The summed E-state index contributed by atoms with van der Waals surface area (Å²) in [6, 6.07) is 10.4. The number of halogens is 2. The van der Waals surface area contributed by atoms with Crippen LogP contribution in [0.3, 0.4) is 0 Å². The summed E-state index contributed by atoms with van der Waals surface area (Å²) < 4.78 is 13.7. The van der Waals surface area contributed by atoms with E-state index in [-0.39, 0.29) is 16.4 Å². The first-order valence-corrected chi connectivity index (χ1v) is 6.24. The number of anilines is 1. The molecule has 2 aromatic rings. The van der Waals surface area contributed by atoms with Gasteiger partial charge in [-0.15, -0.1) is 0 Å². The highest BCUT2D eigenvalue weighted by Gasteiger charge is 2.14. The Morgan fingerprint density at radius 1 is 1.24 bits per heavy atom. The first-order chi connectivity index (χ1) is 10.0. The highest BCUT2D eigenvalue weighted by molar-refractivity contribution is 6.31. The SMILES string of the molecule is N/C(=N/O)c1ccc(NC(=O)c2cccc(Cl)c2F)cc1. The Balaban J connectivity index is 2.18. The molecule has 0 aliphatic rings. The molecule has 0 heterocycles. The van der Waals surface area contributed by atoms with Gasteiger partial charge in [0.05, 0.1) is 10.6 Å². The highest BCUT2D eigenvalue weighted by Crippen LogP contribution is 2.19. The topological polar surface area (TPSA) is 87.7 Å². The fourth-order valence-electron chi connectivity index (χ4n) is 1.66. The third kappa shape index (κ3) is 3.29. The van der Waals surface area contributed by atoms with Crippen molar-refractivity contribution in [2.24, 2.45) is 10.9 Å². The predicted molar refractivity (Wildman–Crippen MR) is 78.3 cm³/mol. The van der Waals surface area contributed by atoms with Crippen molar-refractivity contribution in [2.75, 3.05) is 5.32 Å². The zero-order valence-corrected chi connectivity index (χ0v) is 11.4. The monoisotopic (exact) mass is 307 g/mol. The van der Waals surface area contributed by atoms with Crippen molar-refractivity contribution in [3.63, 3.8) is 0 Å². The van der Waals surface area contributed by atoms with Gasteiger partial charge in [0.1, 0.15) is 0 Å². The van der Waals surface area contributed by atoms with Crippen LogP contribution in [0.2, 0.25) is 5.02 Å². The number of nitrogens with zero attached hydrogens (tertiary/aromatic N) is 1. The van der Waals surface area contributed by atoms with Crippen LogP contribution in [0, 0.1) is 5.82 Å². The van der Waals surface area contributed by atoms with Crippen LogP contribution in [-0.2, 0) is 0 Å². The van der Waals surface area contributed by atoms with Gasteiger partial charge in [-0.1, -0.05) is 22.8 Å². The largest absolute Gasteiger partial charge is 0.409 e. The number of amidine groups is 1. The van der Waals surface area contributed by atoms with E-state index in [1.165, 1.54) is 18.2 Å². The number of carbonyl (C=O) groups is 1. The van der Waals surface area contributed by atoms with Crippen LogP contribution in [-0.4, -0.2) is 17.0 Å². The Labute approximate surface area is 124 Å². The Kier molecular flexibility index (Phi) is 4.39. The second-order valence-corrected chi connectivity index (χ2v) is 4.53. The van der Waals surface area contributed by atoms with Gasteiger partial charge in [0.15, 0.2) is 11.7 Å². The van der Waals surface area contributed by atoms with Crippen LogP contribution < -0.4 is 11.1 Å². The molecule has 2 aromatic carbocycles. The van der Waals surface area contributed by atoms with E-state index in [1.807, 2.05) is 0 Å². The molecule has 0 atom stereocenters. The van der Waals surface area contributed by atoms with E-state index < -0.39 is 11.7 Å². The first-order valence-electron chi connectivity index (χ1n) is 5.86. The molecule has 0 saturated carbocycles. The molecule has 0 spiro atoms. The lowest BCUT2D eigenvalue weighted by atomic mass is 10.1. The lowest BCUT2D eigenvalue weighted by molar-refractivity contribution is 0.102. The summed E-state index contributed by atoms with van der Waals surface area (Å²) in [6.45, 7) is 0. The molecule has 4 N–H and O–H groups in total. The van der Waals surface area contributed by atoms with E-state index in [0.717, 1.165) is 0 Å². The maximum Gasteiger partial charge on any atom is 0.258 e. The fraction of sp³-hybridized carbons (Fsp3) is 0. The maximum atomic E-state index is 13.7. The summed E-state index contributed by atoms with van der Waals surface area (Å²) in [5.41, 5.74) is 6.20. The van der Waals surface area contributed by atoms with Gasteiger partial charge in [-0.3, -0.25) is 4.79 Å². The standard InChI is InChI=1S/C14H11ClFN3O2/c15-11-3-1-2-10(12(11)16)14(20)18-9-6-4-8(5-7-9)13(17)19-21/h1-7,21H,(H2,17,19)(H,18,20). The van der Waals surface area contributed by atoms with E-state index in [9.17, 15) is 9.18 Å². The minimum Gasteiger partial charge on any atom is -0.409 e. The normalized spacial score (nSPS) is 11.2. The van der Waals surface area contributed by atoms with Crippen molar-refractivity contribution in [1.29, 1.82) is 0 Å². The molecule has 0 aliphatic heterocycles. The summed E-state index contributed by atoms with van der Waals surface area (Å²) in [5.74, 6) is -1.44. The van der Waals surface area contributed by atoms with Crippen molar-refractivity contribution >= 4 is 29.0 Å². The molecule has 0 fully saturated rings. The summed E-state index contributed by atoms with van der Waals surface area (Å²) in [4.78, 5) is 12.0. The van der Waals surface area contributed by atoms with Gasteiger partial charge in [-0.2, -0.15) is 0 Å². The quantitative estimate of drug-likeness (QED) is 0.352. The van der Waals surface area contributed by atoms with Crippen molar-refractivity contribution < 1.29 is 14.4 Å². The highest BCUT2D eigenvalue weighted by atomic mass is 35.5. The molecule has 0 saturated heterocycles. The van der Waals surface area contributed by atoms with Gasteiger partial charge < -0.3 is 16.3 Å². The van der Waals surface area contributed by atoms with Gasteiger partial charge in [-0.25, -0.2) is 4.39 Å². The molecule has 7 heteroatoms. The second kappa shape index (κ2) is 6.23. The van der Waals surface area contributed by atoms with Gasteiger partial charge in [-0.05, 0) is 36.4 Å². The number of rotatable bonds is 3. The lowest BCUT2D eigenvalue weighted by Gasteiger charge is -2.07. The van der Waals surface area contributed by atoms with Crippen LogP contribution in [0.5, 0.6) is 0 Å². The molecule has 0 aromatic heterocycles. The zero-order valence-electron chi connectivity index (χ0n) is 10.7. The van der Waals surface area contributed by atoms with Crippen molar-refractivity contribution in [1.82, 2.24) is 0 Å². The molecule has 5 nitrogen and oxygen atoms in total. The van der Waals surface area contributed by atoms with Gasteiger partial charge in [0.2, 0.25) is 0 Å². The predicted octanol–water partition coefficient (Wildman–Crippen LogP) is 2.83. The Bertz CT molecular complexity index is 702. The Morgan fingerprint density at radius 3 is 2.52 bits per heavy atom. The van der Waals surface area contributed by atoms with E-state index in [1.54, 1.807) is 24.3 Å². The molecule has 2 rings (SSSR count). The van der Waals surface area contributed by atoms with E-state index in [4.69, 9.17) is 22.5 Å². The number of hydrogen-bond acceptors (Lipinski definition) is 3. The molecular weight excluding hydrogens is 297 g/mol. The zero-order chi connectivity index (χ0) is 15.4. The van der Waals surface area contributed by atoms with Crippen molar-refractivity contribution in [3.05, 3.63) is 64.4 Å². The van der Waals surface area contributed by atoms with Crippen LogP contribution in [0.4, 0.5) is 10.1 Å². The number of amides is 1. The number of hydrogen-bond donors (Lipinski definition) is 3.